The number of benzene rings is 9. The molecule has 12 rings (SSSR count). The van der Waals surface area contributed by atoms with Gasteiger partial charge >= 0.3 is 20.1 Å². The SMILES string of the molecule is [2H]C([2H])([2H])c1ccc(-c2[c-]cc(-c3ccccc3-c3cc(-c4ccccc4-c4c[c-]c(-c5nccn5C)cc4)cc(-c4ccccc4-c4c[c-]c(-c5nccn5C)cc4)c3)c(-c3ccc(-c4ccccc4)cc3)c2)nc1.[Ir+3]. The fourth-order valence-electron chi connectivity index (χ4n) is 9.88. The summed E-state index contributed by atoms with van der Waals surface area (Å²) in [5.41, 5.74) is 20.4. The summed E-state index contributed by atoms with van der Waals surface area (Å²) in [5, 5.41) is 0. The van der Waals surface area contributed by atoms with Crippen LogP contribution in [-0.4, -0.2) is 24.1 Å². The van der Waals surface area contributed by atoms with Crippen LogP contribution < -0.4 is 0 Å². The van der Waals surface area contributed by atoms with Crippen LogP contribution in [0.25, 0.3) is 123 Å². The first-order valence-electron chi connectivity index (χ1n) is 25.7. The zero-order chi connectivity index (χ0) is 51.8. The standard InChI is InChI=1S/C68H48N5.Ir/c1-46-21-36-66(71-45-46)54-34-35-64(65(44-54)51-24-22-48(23-25-51)47-13-5-4-6-14-47)63-20-12-11-19-62(63)57-42-55(60-17-9-7-15-58(60)49-26-30-52(31-27-49)67-69-37-39-72(67)2)41-56(43-57)61-18-10-8-16-59(61)50-28-32-53(33-29-50)68-70-38-40-73(68)3;/h4-30,32,35-45H,1-3H3;/q-3;+3/i1D3;. The van der Waals surface area contributed by atoms with Crippen molar-refractivity contribution in [3.63, 3.8) is 0 Å². The van der Waals surface area contributed by atoms with Crippen molar-refractivity contribution in [3.8, 4) is 123 Å². The molecule has 0 aliphatic rings. The van der Waals surface area contributed by atoms with Gasteiger partial charge in [-0.05, 0) is 86.4 Å². The maximum Gasteiger partial charge on any atom is 3.00 e. The quantitative estimate of drug-likeness (QED) is 0.121. The molecule has 354 valence electrons. The predicted molar refractivity (Wildman–Crippen MR) is 299 cm³/mol. The second-order valence-corrected chi connectivity index (χ2v) is 18.2. The molecule has 0 unspecified atom stereocenters. The van der Waals surface area contributed by atoms with Crippen molar-refractivity contribution < 1.29 is 24.2 Å². The Hall–Kier alpha value is -8.80. The molecule has 0 amide bonds. The van der Waals surface area contributed by atoms with Crippen molar-refractivity contribution in [2.75, 3.05) is 0 Å². The van der Waals surface area contributed by atoms with E-state index < -0.39 is 6.85 Å². The van der Waals surface area contributed by atoms with E-state index in [2.05, 4.69) is 221 Å². The molecule has 0 aliphatic heterocycles. The summed E-state index contributed by atoms with van der Waals surface area (Å²) in [4.78, 5) is 13.8. The molecule has 0 N–H and O–H groups in total. The van der Waals surface area contributed by atoms with E-state index in [1.54, 1.807) is 12.1 Å². The zero-order valence-electron chi connectivity index (χ0n) is 43.6. The Labute approximate surface area is 450 Å². The fourth-order valence-corrected chi connectivity index (χ4v) is 9.88. The Balaban J connectivity index is 0.00000631. The van der Waals surface area contributed by atoms with Crippen LogP contribution in [-0.2, 0) is 34.2 Å². The molecule has 0 aliphatic carbocycles. The Morgan fingerprint density at radius 3 is 1.27 bits per heavy atom. The molecule has 0 atom stereocenters. The maximum absolute atomic E-state index is 7.96. The van der Waals surface area contributed by atoms with E-state index in [4.69, 9.17) is 4.11 Å². The van der Waals surface area contributed by atoms with E-state index in [1.165, 1.54) is 6.20 Å². The summed E-state index contributed by atoms with van der Waals surface area (Å²) in [6.07, 6.45) is 8.95. The van der Waals surface area contributed by atoms with E-state index in [-0.39, 0.29) is 25.7 Å². The van der Waals surface area contributed by atoms with Crippen molar-refractivity contribution in [2.45, 2.75) is 6.85 Å². The molecule has 12 aromatic rings. The monoisotopic (exact) mass is 1130 g/mol. The average molecular weight is 1130 g/mol. The van der Waals surface area contributed by atoms with Gasteiger partial charge in [-0.1, -0.05) is 178 Å². The van der Waals surface area contributed by atoms with Crippen molar-refractivity contribution in [1.82, 2.24) is 24.1 Å². The van der Waals surface area contributed by atoms with Gasteiger partial charge in [-0.25, -0.2) is 0 Å². The van der Waals surface area contributed by atoms with Crippen molar-refractivity contribution >= 4 is 0 Å². The molecule has 0 radical (unpaired) electrons. The number of nitrogens with zero attached hydrogens (tertiary/aromatic N) is 5. The number of hydrogen-bond acceptors (Lipinski definition) is 3. The van der Waals surface area contributed by atoms with Crippen LogP contribution in [0.4, 0.5) is 0 Å². The van der Waals surface area contributed by atoms with Gasteiger partial charge in [-0.2, -0.15) is 0 Å². The van der Waals surface area contributed by atoms with E-state index >= 15 is 0 Å². The molecule has 0 bridgehead atoms. The maximum atomic E-state index is 7.96. The van der Waals surface area contributed by atoms with Gasteiger partial charge in [0, 0.05) is 49.2 Å². The van der Waals surface area contributed by atoms with Crippen LogP contribution in [0.3, 0.4) is 0 Å². The first kappa shape index (κ1) is 43.9. The second kappa shape index (κ2) is 20.7. The van der Waals surface area contributed by atoms with Gasteiger partial charge in [0.25, 0.3) is 0 Å². The molecule has 3 aromatic heterocycles. The van der Waals surface area contributed by atoms with E-state index in [0.29, 0.717) is 5.69 Å². The topological polar surface area (TPSA) is 48.5 Å². The summed E-state index contributed by atoms with van der Waals surface area (Å²) < 4.78 is 27.9. The molecule has 9 aromatic carbocycles. The van der Waals surface area contributed by atoms with E-state index in [1.807, 2.05) is 54.1 Å². The van der Waals surface area contributed by atoms with Crippen LogP contribution >= 0.6 is 0 Å². The molecule has 0 saturated heterocycles. The number of rotatable bonds is 11. The summed E-state index contributed by atoms with van der Waals surface area (Å²) >= 11 is 0. The number of imidazole rings is 2. The Morgan fingerprint density at radius 1 is 0.365 bits per heavy atom. The molecule has 0 fully saturated rings. The Kier molecular flexibility index (Phi) is 12.3. The molecule has 5 nitrogen and oxygen atoms in total. The van der Waals surface area contributed by atoms with Crippen LogP contribution in [0, 0.1) is 25.1 Å². The molecular weight excluding hydrogens is 1080 g/mol. The van der Waals surface area contributed by atoms with Crippen molar-refractivity contribution in [2.24, 2.45) is 14.1 Å². The number of pyridine rings is 1. The molecule has 6 heteroatoms. The normalized spacial score (nSPS) is 11.8. The third kappa shape index (κ3) is 9.41. The number of aryl methyl sites for hydroxylation is 3. The minimum Gasteiger partial charge on any atom is -0.373 e. The first-order valence-corrected chi connectivity index (χ1v) is 24.2. The minimum absolute atomic E-state index is 0. The van der Waals surface area contributed by atoms with Crippen LogP contribution in [0.1, 0.15) is 9.68 Å². The summed E-state index contributed by atoms with van der Waals surface area (Å²) in [6.45, 7) is -2.26. The van der Waals surface area contributed by atoms with Gasteiger partial charge in [0.2, 0.25) is 0 Å². The summed E-state index contributed by atoms with van der Waals surface area (Å²) in [7, 11) is 3.99. The average Bonchev–Trinajstić information content (AvgIpc) is 4.15. The van der Waals surface area contributed by atoms with Crippen molar-refractivity contribution in [3.05, 3.63) is 261 Å². The largest absolute Gasteiger partial charge is 3.00 e. The number of hydrogen-bond donors (Lipinski definition) is 0. The third-order valence-corrected chi connectivity index (χ3v) is 13.6. The first-order chi connectivity index (χ1) is 37.1. The van der Waals surface area contributed by atoms with Gasteiger partial charge in [0.15, 0.2) is 0 Å². The molecule has 0 saturated carbocycles. The second-order valence-electron chi connectivity index (χ2n) is 18.2. The van der Waals surface area contributed by atoms with Crippen LogP contribution in [0.15, 0.2) is 237 Å². The van der Waals surface area contributed by atoms with Gasteiger partial charge in [-0.3, -0.25) is 9.97 Å². The van der Waals surface area contributed by atoms with Gasteiger partial charge < -0.3 is 14.1 Å². The van der Waals surface area contributed by atoms with Crippen LogP contribution in [0.2, 0.25) is 0 Å². The van der Waals surface area contributed by atoms with Crippen molar-refractivity contribution in [1.29, 1.82) is 0 Å². The minimum atomic E-state index is -2.26. The predicted octanol–water partition coefficient (Wildman–Crippen LogP) is 16.6. The van der Waals surface area contributed by atoms with Gasteiger partial charge in [0.1, 0.15) is 0 Å². The smallest absolute Gasteiger partial charge is 0.373 e. The zero-order valence-corrected chi connectivity index (χ0v) is 43.0. The fraction of sp³-hybridized carbons (Fsp3) is 0.0441. The Morgan fingerprint density at radius 2 is 0.811 bits per heavy atom. The molecule has 3 heterocycles. The third-order valence-electron chi connectivity index (χ3n) is 13.6. The van der Waals surface area contributed by atoms with Gasteiger partial charge in [-0.15, -0.1) is 83.4 Å². The van der Waals surface area contributed by atoms with Gasteiger partial charge in [0.05, 0.1) is 11.6 Å². The van der Waals surface area contributed by atoms with Crippen LogP contribution in [0.5, 0.6) is 0 Å². The molecule has 74 heavy (non-hydrogen) atoms. The molecule has 0 spiro atoms. The molecular formula is C68H48IrN5. The Bertz CT molecular complexity index is 3880. The summed E-state index contributed by atoms with van der Waals surface area (Å²) in [6, 6.07) is 82.6. The van der Waals surface area contributed by atoms with E-state index in [0.717, 1.165) is 117 Å². The summed E-state index contributed by atoms with van der Waals surface area (Å²) in [5.74, 6) is 1.72. The van der Waals surface area contributed by atoms with E-state index in [9.17, 15) is 0 Å². The number of aromatic nitrogens is 5.